The Labute approximate surface area is 146 Å². The van der Waals surface area contributed by atoms with Crippen LogP contribution in [0.1, 0.15) is 17.4 Å². The molecule has 1 fully saturated rings. The molecule has 0 N–H and O–H groups in total. The average Bonchev–Trinajstić information content (AvgIpc) is 3.09. The first-order valence-electron chi connectivity index (χ1n) is 8.33. The van der Waals surface area contributed by atoms with E-state index in [2.05, 4.69) is 61.2 Å². The van der Waals surface area contributed by atoms with Crippen LogP contribution >= 0.6 is 0 Å². The molecular formula is C18H20N6O. The second kappa shape index (κ2) is 6.60. The van der Waals surface area contributed by atoms with E-state index in [-0.39, 0.29) is 6.04 Å². The second-order valence-corrected chi connectivity index (χ2v) is 6.29. The highest BCUT2D eigenvalue weighted by molar-refractivity contribution is 5.69. The smallest absolute Gasteiger partial charge is 0.263 e. The van der Waals surface area contributed by atoms with Crippen LogP contribution in [-0.2, 0) is 0 Å². The van der Waals surface area contributed by atoms with Gasteiger partial charge in [0.15, 0.2) is 5.82 Å². The van der Waals surface area contributed by atoms with Crippen molar-refractivity contribution >= 4 is 5.82 Å². The molecule has 4 rings (SSSR count). The molecule has 0 radical (unpaired) electrons. The van der Waals surface area contributed by atoms with Crippen LogP contribution < -0.4 is 4.90 Å². The zero-order chi connectivity index (χ0) is 17.2. The number of piperazine rings is 1. The zero-order valence-corrected chi connectivity index (χ0v) is 14.3. The Bertz CT molecular complexity index is 850. The van der Waals surface area contributed by atoms with E-state index in [1.54, 1.807) is 19.4 Å². The quantitative estimate of drug-likeness (QED) is 0.727. The molecule has 0 saturated carbocycles. The van der Waals surface area contributed by atoms with Crippen molar-refractivity contribution in [1.29, 1.82) is 0 Å². The van der Waals surface area contributed by atoms with Gasteiger partial charge in [0, 0.05) is 25.8 Å². The molecular weight excluding hydrogens is 316 g/mol. The standard InChI is InChI=1S/C18H20N6O/c1-13-21-18(25-22-13)15-10-19-12-20-17(15)24-9-8-23(2)11-16(24)14-6-4-3-5-7-14/h3-7,10,12,16H,8-9,11H2,1-2H3/t16-/m1/s1. The Morgan fingerprint density at radius 1 is 1.16 bits per heavy atom. The maximum absolute atomic E-state index is 5.37. The van der Waals surface area contributed by atoms with E-state index in [0.717, 1.165) is 31.0 Å². The molecule has 0 amide bonds. The Balaban J connectivity index is 1.77. The normalized spacial score (nSPS) is 18.5. The molecule has 1 aliphatic heterocycles. The van der Waals surface area contributed by atoms with Gasteiger partial charge in [-0.25, -0.2) is 9.97 Å². The van der Waals surface area contributed by atoms with Crippen LogP contribution in [0.15, 0.2) is 47.4 Å². The van der Waals surface area contributed by atoms with Crippen LogP contribution in [0, 0.1) is 6.92 Å². The van der Waals surface area contributed by atoms with E-state index < -0.39 is 0 Å². The largest absolute Gasteiger partial charge is 0.346 e. The predicted molar refractivity (Wildman–Crippen MR) is 94.1 cm³/mol. The number of rotatable bonds is 3. The Hall–Kier alpha value is -2.80. The number of aromatic nitrogens is 4. The number of hydrogen-bond donors (Lipinski definition) is 0. The fourth-order valence-corrected chi connectivity index (χ4v) is 3.24. The zero-order valence-electron chi connectivity index (χ0n) is 14.3. The first kappa shape index (κ1) is 15.7. The molecule has 128 valence electrons. The minimum Gasteiger partial charge on any atom is -0.346 e. The maximum atomic E-state index is 5.37. The van der Waals surface area contributed by atoms with E-state index in [1.165, 1.54) is 5.56 Å². The Morgan fingerprint density at radius 3 is 2.76 bits per heavy atom. The lowest BCUT2D eigenvalue weighted by Crippen LogP contribution is -2.47. The molecule has 25 heavy (non-hydrogen) atoms. The molecule has 0 aliphatic carbocycles. The average molecular weight is 336 g/mol. The maximum Gasteiger partial charge on any atom is 0.263 e. The summed E-state index contributed by atoms with van der Waals surface area (Å²) in [5.41, 5.74) is 2.04. The minimum absolute atomic E-state index is 0.206. The fraction of sp³-hybridized carbons (Fsp3) is 0.333. The summed E-state index contributed by atoms with van der Waals surface area (Å²) in [4.78, 5) is 17.7. The van der Waals surface area contributed by atoms with E-state index in [1.807, 2.05) is 6.07 Å². The van der Waals surface area contributed by atoms with Crippen LogP contribution in [0.2, 0.25) is 0 Å². The van der Waals surface area contributed by atoms with Crippen molar-refractivity contribution in [2.24, 2.45) is 0 Å². The first-order valence-corrected chi connectivity index (χ1v) is 8.33. The van der Waals surface area contributed by atoms with Crippen LogP contribution in [0.25, 0.3) is 11.5 Å². The molecule has 1 atom stereocenters. The van der Waals surface area contributed by atoms with Gasteiger partial charge in [-0.2, -0.15) is 4.98 Å². The number of benzene rings is 1. The van der Waals surface area contributed by atoms with Gasteiger partial charge in [-0.15, -0.1) is 0 Å². The minimum atomic E-state index is 0.206. The number of aryl methyl sites for hydroxylation is 1. The van der Waals surface area contributed by atoms with Crippen LogP contribution in [0.3, 0.4) is 0 Å². The topological polar surface area (TPSA) is 71.2 Å². The lowest BCUT2D eigenvalue weighted by Gasteiger charge is -2.41. The highest BCUT2D eigenvalue weighted by atomic mass is 16.5. The van der Waals surface area contributed by atoms with E-state index in [9.17, 15) is 0 Å². The van der Waals surface area contributed by atoms with Crippen molar-refractivity contribution in [1.82, 2.24) is 25.0 Å². The fourth-order valence-electron chi connectivity index (χ4n) is 3.24. The molecule has 0 bridgehead atoms. The third-order valence-electron chi connectivity index (χ3n) is 4.49. The molecule has 3 heterocycles. The predicted octanol–water partition coefficient (Wildman–Crippen LogP) is 2.33. The van der Waals surface area contributed by atoms with Gasteiger partial charge in [-0.05, 0) is 19.5 Å². The second-order valence-electron chi connectivity index (χ2n) is 6.29. The Kier molecular flexibility index (Phi) is 4.15. The van der Waals surface area contributed by atoms with E-state index in [4.69, 9.17) is 4.52 Å². The van der Waals surface area contributed by atoms with Crippen molar-refractivity contribution in [3.8, 4) is 11.5 Å². The molecule has 1 aliphatic rings. The Morgan fingerprint density at radius 2 is 2.00 bits per heavy atom. The summed E-state index contributed by atoms with van der Waals surface area (Å²) in [7, 11) is 2.15. The molecule has 2 aromatic heterocycles. The van der Waals surface area contributed by atoms with Crippen molar-refractivity contribution < 1.29 is 4.52 Å². The SMILES string of the molecule is Cc1noc(-c2cncnc2N2CCN(C)C[C@@H]2c2ccccc2)n1. The van der Waals surface area contributed by atoms with Gasteiger partial charge in [0.1, 0.15) is 17.7 Å². The number of anilines is 1. The molecule has 7 nitrogen and oxygen atoms in total. The molecule has 1 saturated heterocycles. The molecule has 7 heteroatoms. The highest BCUT2D eigenvalue weighted by Gasteiger charge is 2.30. The summed E-state index contributed by atoms with van der Waals surface area (Å²) < 4.78 is 5.37. The van der Waals surface area contributed by atoms with Gasteiger partial charge in [-0.1, -0.05) is 35.5 Å². The number of hydrogen-bond acceptors (Lipinski definition) is 7. The molecule has 1 aromatic carbocycles. The number of likely N-dealkylation sites (N-methyl/N-ethyl adjacent to an activating group) is 1. The molecule has 0 spiro atoms. The third kappa shape index (κ3) is 3.10. The lowest BCUT2D eigenvalue weighted by molar-refractivity contribution is 0.268. The van der Waals surface area contributed by atoms with Gasteiger partial charge >= 0.3 is 0 Å². The van der Waals surface area contributed by atoms with Crippen molar-refractivity contribution in [2.75, 3.05) is 31.6 Å². The molecule has 0 unspecified atom stereocenters. The van der Waals surface area contributed by atoms with Gasteiger partial charge in [-0.3, -0.25) is 0 Å². The summed E-state index contributed by atoms with van der Waals surface area (Å²) in [6, 6.07) is 10.7. The number of nitrogens with zero attached hydrogens (tertiary/aromatic N) is 6. The van der Waals surface area contributed by atoms with Crippen molar-refractivity contribution in [2.45, 2.75) is 13.0 Å². The molecule has 3 aromatic rings. The summed E-state index contributed by atoms with van der Waals surface area (Å²) >= 11 is 0. The van der Waals surface area contributed by atoms with Gasteiger partial charge < -0.3 is 14.3 Å². The summed E-state index contributed by atoms with van der Waals surface area (Å²) in [6.45, 7) is 4.57. The van der Waals surface area contributed by atoms with Crippen molar-refractivity contribution in [3.63, 3.8) is 0 Å². The van der Waals surface area contributed by atoms with E-state index >= 15 is 0 Å². The summed E-state index contributed by atoms with van der Waals surface area (Å²) in [5, 5.41) is 3.90. The van der Waals surface area contributed by atoms with E-state index in [0.29, 0.717) is 11.7 Å². The van der Waals surface area contributed by atoms with Crippen LogP contribution in [-0.4, -0.2) is 51.7 Å². The highest BCUT2D eigenvalue weighted by Crippen LogP contribution is 2.34. The van der Waals surface area contributed by atoms with Gasteiger partial charge in [0.25, 0.3) is 5.89 Å². The van der Waals surface area contributed by atoms with Crippen LogP contribution in [0.5, 0.6) is 0 Å². The first-order chi connectivity index (χ1) is 12.2. The summed E-state index contributed by atoms with van der Waals surface area (Å²) in [6.07, 6.45) is 3.32. The summed E-state index contributed by atoms with van der Waals surface area (Å²) in [5.74, 6) is 1.89. The van der Waals surface area contributed by atoms with Crippen molar-refractivity contribution in [3.05, 3.63) is 54.2 Å². The van der Waals surface area contributed by atoms with Gasteiger partial charge in [0.2, 0.25) is 0 Å². The monoisotopic (exact) mass is 336 g/mol. The lowest BCUT2D eigenvalue weighted by atomic mass is 10.0. The van der Waals surface area contributed by atoms with Gasteiger partial charge in [0.05, 0.1) is 6.04 Å². The third-order valence-corrected chi connectivity index (χ3v) is 4.49. The van der Waals surface area contributed by atoms with Crippen LogP contribution in [0.4, 0.5) is 5.82 Å².